The highest BCUT2D eigenvalue weighted by Gasteiger charge is 2.52. The second kappa shape index (κ2) is 9.49. The van der Waals surface area contributed by atoms with Gasteiger partial charge in [-0.1, -0.05) is 51.9 Å². The Bertz CT molecular complexity index is 1510. The topological polar surface area (TPSA) is 118 Å². The molecule has 0 aromatic heterocycles. The van der Waals surface area contributed by atoms with Crippen LogP contribution in [0, 0.1) is 13.8 Å². The van der Waals surface area contributed by atoms with Crippen molar-refractivity contribution >= 4 is 31.9 Å². The summed E-state index contributed by atoms with van der Waals surface area (Å²) < 4.78 is 60.5. The molecule has 0 N–H and O–H groups in total. The van der Waals surface area contributed by atoms with E-state index in [2.05, 4.69) is 0 Å². The minimum absolute atomic E-state index is 0.164. The van der Waals surface area contributed by atoms with Gasteiger partial charge in [0.2, 0.25) is 0 Å². The average Bonchev–Trinajstić information content (AvgIpc) is 3.23. The summed E-state index contributed by atoms with van der Waals surface area (Å²) in [4.78, 5) is 24.6. The predicted octanol–water partition coefficient (Wildman–Crippen LogP) is 3.36. The van der Waals surface area contributed by atoms with Crippen LogP contribution in [-0.4, -0.2) is 44.7 Å². The summed E-state index contributed by atoms with van der Waals surface area (Å²) in [5, 5.41) is 0. The minimum atomic E-state index is -4.56. The quantitative estimate of drug-likeness (QED) is 0.450. The zero-order chi connectivity index (χ0) is 26.3. The molecule has 1 amide bonds. The van der Waals surface area contributed by atoms with Crippen LogP contribution in [0.1, 0.15) is 39.5 Å². The van der Waals surface area contributed by atoms with Crippen molar-refractivity contribution in [2.24, 2.45) is 0 Å². The molecule has 9 nitrogen and oxygen atoms in total. The van der Waals surface area contributed by atoms with Gasteiger partial charge in [-0.05, 0) is 55.8 Å². The first kappa shape index (κ1) is 25.5. The molecular weight excluding hydrogens is 504 g/mol. The summed E-state index contributed by atoms with van der Waals surface area (Å²) in [5.74, 6) is -1.48. The third kappa shape index (κ3) is 4.52. The molecule has 1 saturated heterocycles. The fourth-order valence-corrected chi connectivity index (χ4v) is 7.28. The number of carbonyl (C=O) groups excluding carboxylic acids is 2. The molecule has 4 rings (SSSR count). The average molecular weight is 529 g/mol. The smallest absolute Gasteiger partial charge is 0.337 e. The van der Waals surface area contributed by atoms with Crippen molar-refractivity contribution < 1.29 is 31.2 Å². The van der Waals surface area contributed by atoms with Gasteiger partial charge in [0.25, 0.3) is 26.0 Å². The number of nitrogens with zero attached hydrogens (tertiary/aromatic N) is 2. The van der Waals surface area contributed by atoms with E-state index in [1.165, 1.54) is 55.6 Å². The van der Waals surface area contributed by atoms with Crippen molar-refractivity contribution in [3.63, 3.8) is 0 Å². The van der Waals surface area contributed by atoms with Crippen LogP contribution in [0.4, 0.5) is 0 Å². The van der Waals surface area contributed by atoms with E-state index in [0.29, 0.717) is 14.4 Å². The molecule has 3 aromatic carbocycles. The Morgan fingerprint density at radius 3 is 1.72 bits per heavy atom. The molecule has 188 valence electrons. The van der Waals surface area contributed by atoms with E-state index in [1.54, 1.807) is 38.1 Å². The van der Waals surface area contributed by atoms with Gasteiger partial charge in [0.15, 0.2) is 0 Å². The van der Waals surface area contributed by atoms with Gasteiger partial charge in [-0.2, -0.15) is 8.42 Å². The van der Waals surface area contributed by atoms with E-state index in [1.807, 2.05) is 0 Å². The largest absolute Gasteiger partial charge is 0.465 e. The summed E-state index contributed by atoms with van der Waals surface area (Å²) >= 11 is 0. The van der Waals surface area contributed by atoms with Gasteiger partial charge in [0.05, 0.1) is 34.9 Å². The lowest BCUT2D eigenvalue weighted by Crippen LogP contribution is -2.47. The SMILES string of the molecule is COC(=O)c1ccc(C2CC(=O)N(S(=O)(=O)c3ccc(C)cc3)N2S(=O)(=O)c2ccc(C)cc2)cc1. The number of aryl methyl sites for hydroxylation is 2. The molecule has 0 saturated carbocycles. The Kier molecular flexibility index (Phi) is 6.74. The number of hydrogen-bond acceptors (Lipinski definition) is 7. The lowest BCUT2D eigenvalue weighted by atomic mass is 10.0. The van der Waals surface area contributed by atoms with Crippen molar-refractivity contribution in [3.05, 3.63) is 95.1 Å². The van der Waals surface area contributed by atoms with E-state index in [9.17, 15) is 26.4 Å². The van der Waals surface area contributed by atoms with Crippen molar-refractivity contribution in [1.29, 1.82) is 0 Å². The molecule has 11 heteroatoms. The fraction of sp³-hybridized carbons (Fsp3) is 0.200. The van der Waals surface area contributed by atoms with Crippen LogP contribution in [-0.2, 0) is 29.6 Å². The number of sulfonamides is 2. The van der Waals surface area contributed by atoms with Crippen LogP contribution in [0.2, 0.25) is 0 Å². The Morgan fingerprint density at radius 2 is 1.25 bits per heavy atom. The van der Waals surface area contributed by atoms with Gasteiger partial charge < -0.3 is 4.74 Å². The second-order valence-electron chi connectivity index (χ2n) is 8.38. The van der Waals surface area contributed by atoms with Crippen LogP contribution < -0.4 is 0 Å². The molecule has 3 aromatic rings. The number of methoxy groups -OCH3 is 1. The highest BCUT2D eigenvalue weighted by molar-refractivity contribution is 7.92. The maximum atomic E-state index is 13.8. The number of esters is 1. The number of rotatable bonds is 6. The maximum Gasteiger partial charge on any atom is 0.337 e. The van der Waals surface area contributed by atoms with Crippen LogP contribution in [0.3, 0.4) is 0 Å². The van der Waals surface area contributed by atoms with E-state index >= 15 is 0 Å². The third-order valence-electron chi connectivity index (χ3n) is 5.86. The molecule has 0 spiro atoms. The summed E-state index contributed by atoms with van der Waals surface area (Å²) in [6.45, 7) is 3.56. The first-order chi connectivity index (χ1) is 17.0. The van der Waals surface area contributed by atoms with E-state index in [0.717, 1.165) is 11.1 Å². The lowest BCUT2D eigenvalue weighted by Gasteiger charge is -2.30. The molecule has 1 unspecified atom stereocenters. The fourth-order valence-electron chi connectivity index (χ4n) is 3.90. The molecule has 0 radical (unpaired) electrons. The highest BCUT2D eigenvalue weighted by atomic mass is 32.2. The predicted molar refractivity (Wildman–Crippen MR) is 131 cm³/mol. The lowest BCUT2D eigenvalue weighted by molar-refractivity contribution is -0.126. The van der Waals surface area contributed by atoms with E-state index in [4.69, 9.17) is 4.74 Å². The molecule has 1 fully saturated rings. The summed E-state index contributed by atoms with van der Waals surface area (Å²) in [7, 11) is -7.83. The van der Waals surface area contributed by atoms with Crippen LogP contribution in [0.25, 0.3) is 0 Å². The molecule has 1 aliphatic heterocycles. The number of hydrazine groups is 1. The van der Waals surface area contributed by atoms with E-state index in [-0.39, 0.29) is 15.4 Å². The zero-order valence-corrected chi connectivity index (χ0v) is 21.4. The Morgan fingerprint density at radius 1 is 0.778 bits per heavy atom. The number of carbonyl (C=O) groups is 2. The van der Waals surface area contributed by atoms with Crippen LogP contribution >= 0.6 is 0 Å². The van der Waals surface area contributed by atoms with Crippen LogP contribution in [0.5, 0.6) is 0 Å². The summed E-state index contributed by atoms with van der Waals surface area (Å²) in [6, 6.07) is 16.3. The number of benzene rings is 3. The zero-order valence-electron chi connectivity index (χ0n) is 19.8. The molecule has 1 atom stereocenters. The number of hydrogen-bond donors (Lipinski definition) is 0. The van der Waals surface area contributed by atoms with Gasteiger partial charge in [0.1, 0.15) is 0 Å². The van der Waals surface area contributed by atoms with Gasteiger partial charge in [-0.15, -0.1) is 4.41 Å². The number of amides is 1. The van der Waals surface area contributed by atoms with Crippen LogP contribution in [0.15, 0.2) is 82.6 Å². The standard InChI is InChI=1S/C25H24N2O7S2/c1-17-4-12-21(13-5-17)35(30,31)26-23(19-8-10-20(11-9-19)25(29)34-3)16-24(28)27(26)36(32,33)22-14-6-18(2)7-15-22/h4-15,23H,16H2,1-3H3. The van der Waals surface area contributed by atoms with Crippen molar-refractivity contribution in [3.8, 4) is 0 Å². The summed E-state index contributed by atoms with van der Waals surface area (Å²) in [5.41, 5.74) is 2.18. The minimum Gasteiger partial charge on any atom is -0.465 e. The summed E-state index contributed by atoms with van der Waals surface area (Å²) in [6.07, 6.45) is -0.409. The van der Waals surface area contributed by atoms with Gasteiger partial charge in [0, 0.05) is 0 Å². The Hall–Kier alpha value is -3.54. The molecular formula is C25H24N2O7S2. The number of ether oxygens (including phenoxy) is 1. The van der Waals surface area contributed by atoms with E-state index < -0.39 is 44.4 Å². The van der Waals surface area contributed by atoms with Crippen molar-refractivity contribution in [2.75, 3.05) is 7.11 Å². The normalized spacial score (nSPS) is 16.8. The Labute approximate surface area is 210 Å². The highest BCUT2D eigenvalue weighted by Crippen LogP contribution is 2.41. The molecule has 1 heterocycles. The van der Waals surface area contributed by atoms with Crippen molar-refractivity contribution in [2.45, 2.75) is 36.1 Å². The third-order valence-corrected chi connectivity index (χ3v) is 9.44. The first-order valence-corrected chi connectivity index (χ1v) is 13.8. The van der Waals surface area contributed by atoms with Gasteiger partial charge >= 0.3 is 5.97 Å². The molecule has 0 bridgehead atoms. The monoisotopic (exact) mass is 528 g/mol. The Balaban J connectivity index is 1.87. The van der Waals surface area contributed by atoms with Crippen molar-refractivity contribution in [1.82, 2.24) is 8.83 Å². The molecule has 0 aliphatic carbocycles. The second-order valence-corrected chi connectivity index (χ2v) is 11.9. The van der Waals surface area contributed by atoms with Gasteiger partial charge in [-0.3, -0.25) is 4.79 Å². The maximum absolute atomic E-state index is 13.8. The van der Waals surface area contributed by atoms with Gasteiger partial charge in [-0.25, -0.2) is 13.2 Å². The molecule has 1 aliphatic rings. The first-order valence-electron chi connectivity index (χ1n) is 10.9. The molecule has 36 heavy (non-hydrogen) atoms.